The zero-order valence-corrected chi connectivity index (χ0v) is 14.2. The fourth-order valence-electron chi connectivity index (χ4n) is 1.92. The monoisotopic (exact) mass is 365 g/mol. The molecule has 1 N–H and O–H groups in total. The lowest BCUT2D eigenvalue weighted by Crippen LogP contribution is -2.18. The molecule has 0 aliphatic rings. The minimum absolute atomic E-state index is 0.175. The van der Waals surface area contributed by atoms with Crippen molar-refractivity contribution in [3.8, 4) is 5.75 Å². The van der Waals surface area contributed by atoms with Crippen LogP contribution in [0.4, 0.5) is 5.88 Å². The van der Waals surface area contributed by atoms with E-state index in [4.69, 9.17) is 20.8 Å². The van der Waals surface area contributed by atoms with Gasteiger partial charge in [0.2, 0.25) is 5.91 Å². The number of aryl methyl sites for hydroxylation is 1. The Kier molecular flexibility index (Phi) is 6.53. The van der Waals surface area contributed by atoms with Crippen LogP contribution in [0.1, 0.15) is 24.2 Å². The molecule has 0 spiro atoms. The van der Waals surface area contributed by atoms with Crippen molar-refractivity contribution in [2.45, 2.75) is 19.8 Å². The second-order valence-electron chi connectivity index (χ2n) is 5.09. The van der Waals surface area contributed by atoms with Crippen LogP contribution in [0.3, 0.4) is 0 Å². The molecule has 0 bridgehead atoms. The third-order valence-electron chi connectivity index (χ3n) is 3.12. The summed E-state index contributed by atoms with van der Waals surface area (Å²) in [7, 11) is 0. The number of halogens is 1. The molecule has 0 aliphatic heterocycles. The second kappa shape index (κ2) is 8.84. The number of hydrazone groups is 1. The molecule has 0 fully saturated rings. The summed E-state index contributed by atoms with van der Waals surface area (Å²) in [5.41, 5.74) is 3.24. The molecule has 2 aromatic rings. The smallest absolute Gasteiger partial charge is 0.433 e. The highest BCUT2D eigenvalue weighted by atomic mass is 35.5. The molecule has 0 saturated heterocycles. The van der Waals surface area contributed by atoms with E-state index in [0.717, 1.165) is 11.3 Å². The van der Waals surface area contributed by atoms with Gasteiger partial charge in [-0.2, -0.15) is 5.10 Å². The van der Waals surface area contributed by atoms with Crippen molar-refractivity contribution in [2.24, 2.45) is 5.10 Å². The Balaban J connectivity index is 1.68. The van der Waals surface area contributed by atoms with Gasteiger partial charge >= 0.3 is 5.88 Å². The molecule has 8 nitrogen and oxygen atoms in total. The molecule has 1 aromatic heterocycles. The largest absolute Gasteiger partial charge is 0.493 e. The molecule has 0 atom stereocenters. The Hall–Kier alpha value is -2.87. The molecule has 0 unspecified atom stereocenters. The van der Waals surface area contributed by atoms with Crippen LogP contribution in [0.15, 0.2) is 39.9 Å². The summed E-state index contributed by atoms with van der Waals surface area (Å²) in [6.45, 7) is 2.27. The standard InChI is InChI=1S/C16H16ClN3O5/c1-11-9-12(17)4-6-14(11)24-8-2-3-15(21)19-18-10-13-5-7-16(25-13)20(22)23/h4-7,9-10H,2-3,8H2,1H3,(H,19,21)/b18-10+. The van der Waals surface area contributed by atoms with Crippen molar-refractivity contribution in [2.75, 3.05) is 6.61 Å². The highest BCUT2D eigenvalue weighted by molar-refractivity contribution is 6.30. The van der Waals surface area contributed by atoms with Crippen molar-refractivity contribution >= 4 is 29.6 Å². The number of furan rings is 1. The predicted octanol–water partition coefficient (Wildman–Crippen LogP) is 3.46. The van der Waals surface area contributed by atoms with Crippen molar-refractivity contribution in [3.63, 3.8) is 0 Å². The number of nitro groups is 1. The van der Waals surface area contributed by atoms with E-state index in [0.29, 0.717) is 18.1 Å². The summed E-state index contributed by atoms with van der Waals surface area (Å²) in [6.07, 6.45) is 1.93. The third kappa shape index (κ3) is 5.92. The van der Waals surface area contributed by atoms with Crippen molar-refractivity contribution in [1.29, 1.82) is 0 Å². The molecule has 0 saturated carbocycles. The van der Waals surface area contributed by atoms with Gasteiger partial charge in [0.05, 0.1) is 18.9 Å². The Labute approximate surface area is 148 Å². The van der Waals surface area contributed by atoms with E-state index in [9.17, 15) is 14.9 Å². The van der Waals surface area contributed by atoms with E-state index in [1.54, 1.807) is 18.2 Å². The van der Waals surface area contributed by atoms with Crippen LogP contribution >= 0.6 is 11.6 Å². The van der Waals surface area contributed by atoms with Crippen LogP contribution in [-0.2, 0) is 4.79 Å². The number of nitrogens with zero attached hydrogens (tertiary/aromatic N) is 2. The fraction of sp³-hybridized carbons (Fsp3) is 0.250. The Morgan fingerprint density at radius 3 is 2.92 bits per heavy atom. The minimum Gasteiger partial charge on any atom is -0.493 e. The van der Waals surface area contributed by atoms with E-state index in [1.165, 1.54) is 18.3 Å². The molecule has 132 valence electrons. The first-order valence-corrected chi connectivity index (χ1v) is 7.78. The van der Waals surface area contributed by atoms with E-state index in [1.807, 2.05) is 6.92 Å². The molecule has 0 radical (unpaired) electrons. The lowest BCUT2D eigenvalue weighted by Gasteiger charge is -2.08. The Morgan fingerprint density at radius 1 is 1.44 bits per heavy atom. The molecule has 1 aromatic carbocycles. The summed E-state index contributed by atoms with van der Waals surface area (Å²) in [5, 5.41) is 14.8. The van der Waals surface area contributed by atoms with Crippen LogP contribution in [0.5, 0.6) is 5.75 Å². The van der Waals surface area contributed by atoms with Gasteiger partial charge < -0.3 is 9.15 Å². The number of carbonyl (C=O) groups excluding carboxylic acids is 1. The molecule has 25 heavy (non-hydrogen) atoms. The lowest BCUT2D eigenvalue weighted by atomic mass is 10.2. The summed E-state index contributed by atoms with van der Waals surface area (Å²) in [6, 6.07) is 7.92. The molecule has 1 heterocycles. The van der Waals surface area contributed by atoms with E-state index in [2.05, 4.69) is 10.5 Å². The van der Waals surface area contributed by atoms with Crippen LogP contribution in [0, 0.1) is 17.0 Å². The first-order valence-electron chi connectivity index (χ1n) is 7.41. The van der Waals surface area contributed by atoms with Crippen LogP contribution in [-0.4, -0.2) is 23.7 Å². The summed E-state index contributed by atoms with van der Waals surface area (Å²) >= 11 is 5.87. The van der Waals surface area contributed by atoms with E-state index >= 15 is 0 Å². The van der Waals surface area contributed by atoms with Crippen molar-refractivity contribution < 1.29 is 18.9 Å². The SMILES string of the molecule is Cc1cc(Cl)ccc1OCCCC(=O)N/N=C/c1ccc([N+](=O)[O-])o1. The number of benzene rings is 1. The minimum atomic E-state index is -0.654. The van der Waals surface area contributed by atoms with Gasteiger partial charge in [0, 0.05) is 11.4 Å². The predicted molar refractivity (Wildman–Crippen MR) is 92.0 cm³/mol. The van der Waals surface area contributed by atoms with Crippen molar-refractivity contribution in [1.82, 2.24) is 5.43 Å². The van der Waals surface area contributed by atoms with Gasteiger partial charge in [-0.05, 0) is 43.2 Å². The maximum absolute atomic E-state index is 11.6. The normalized spacial score (nSPS) is 10.8. The van der Waals surface area contributed by atoms with Gasteiger partial charge in [-0.3, -0.25) is 14.9 Å². The first-order chi connectivity index (χ1) is 12.0. The van der Waals surface area contributed by atoms with E-state index in [-0.39, 0.29) is 24.0 Å². The van der Waals surface area contributed by atoms with E-state index < -0.39 is 4.92 Å². The zero-order chi connectivity index (χ0) is 18.2. The molecular formula is C16H16ClN3O5. The summed E-state index contributed by atoms with van der Waals surface area (Å²) in [5.74, 6) is 0.215. The fourth-order valence-corrected chi connectivity index (χ4v) is 2.15. The van der Waals surface area contributed by atoms with Gasteiger partial charge in [0.15, 0.2) is 5.76 Å². The van der Waals surface area contributed by atoms with Gasteiger partial charge in [-0.15, -0.1) is 0 Å². The number of ether oxygens (including phenoxy) is 1. The Morgan fingerprint density at radius 2 is 2.24 bits per heavy atom. The summed E-state index contributed by atoms with van der Waals surface area (Å²) < 4.78 is 10.5. The maximum atomic E-state index is 11.6. The van der Waals surface area contributed by atoms with Crippen LogP contribution in [0.25, 0.3) is 0 Å². The van der Waals surface area contributed by atoms with Gasteiger partial charge in [0.1, 0.15) is 10.7 Å². The number of hydrogen-bond donors (Lipinski definition) is 1. The van der Waals surface area contributed by atoms with Gasteiger partial charge in [0.25, 0.3) is 0 Å². The highest BCUT2D eigenvalue weighted by Crippen LogP contribution is 2.21. The first kappa shape index (κ1) is 18.5. The maximum Gasteiger partial charge on any atom is 0.433 e. The van der Waals surface area contributed by atoms with Gasteiger partial charge in [-0.25, -0.2) is 5.43 Å². The molecule has 1 amide bonds. The molecule has 9 heteroatoms. The van der Waals surface area contributed by atoms with Gasteiger partial charge in [-0.1, -0.05) is 11.6 Å². The second-order valence-corrected chi connectivity index (χ2v) is 5.52. The number of rotatable bonds is 8. The number of carbonyl (C=O) groups is 1. The number of amides is 1. The van der Waals surface area contributed by atoms with Crippen LogP contribution < -0.4 is 10.2 Å². The summed E-state index contributed by atoms with van der Waals surface area (Å²) in [4.78, 5) is 21.4. The molecular weight excluding hydrogens is 350 g/mol. The number of hydrogen-bond acceptors (Lipinski definition) is 6. The topological polar surface area (TPSA) is 107 Å². The zero-order valence-electron chi connectivity index (χ0n) is 13.4. The molecule has 0 aliphatic carbocycles. The lowest BCUT2D eigenvalue weighted by molar-refractivity contribution is -0.402. The Bertz CT molecular complexity index is 788. The van der Waals surface area contributed by atoms with Crippen molar-refractivity contribution in [3.05, 3.63) is 56.8 Å². The van der Waals surface area contributed by atoms with Crippen LogP contribution in [0.2, 0.25) is 5.02 Å². The average Bonchev–Trinajstić information content (AvgIpc) is 3.02. The third-order valence-corrected chi connectivity index (χ3v) is 3.35. The average molecular weight is 366 g/mol. The highest BCUT2D eigenvalue weighted by Gasteiger charge is 2.10. The number of nitrogens with one attached hydrogen (secondary N) is 1. The molecule has 2 rings (SSSR count). The quantitative estimate of drug-likeness (QED) is 0.333.